The molecule has 226 valence electrons. The Morgan fingerprint density at radius 2 is 0.979 bits per heavy atom. The highest BCUT2D eigenvalue weighted by Crippen LogP contribution is 2.50. The molecule has 1 aliphatic rings. The van der Waals surface area contributed by atoms with E-state index in [0.717, 1.165) is 26.8 Å². The molecule has 8 aromatic rings. The topological polar surface area (TPSA) is 12.5 Å². The van der Waals surface area contributed by atoms with Crippen molar-refractivity contribution in [3.8, 4) is 56.0 Å². The summed E-state index contributed by atoms with van der Waals surface area (Å²) in [4.78, 5) is 0.995. The van der Waals surface area contributed by atoms with Gasteiger partial charge in [-0.25, -0.2) is 0 Å². The zero-order valence-corrected chi connectivity index (χ0v) is 24.9. The SMILES string of the molecule is [2H]c1c([2H])c([2H])c(-c2c([2H])c([2H])c(N(c3ccc4c(c3)-c3cccc5c(-c6ccccc6)ccc(c35)O4)c3c([2H])c([2H])c(-c4c([2H])c([2H])c([2H])c([2H])c4[2H])c([2H])c3[2H])c([2H])c2[2H])c([2H])c1[2H]. The van der Waals surface area contributed by atoms with Crippen LogP contribution in [0.4, 0.5) is 17.1 Å². The Balaban J connectivity index is 1.36. The van der Waals surface area contributed by atoms with E-state index in [-0.39, 0.29) is 5.69 Å². The van der Waals surface area contributed by atoms with Crippen LogP contribution in [0.25, 0.3) is 55.3 Å². The highest BCUT2D eigenvalue weighted by molar-refractivity contribution is 6.10. The summed E-state index contributed by atoms with van der Waals surface area (Å²) in [6.45, 7) is 0. The number of hydrogen-bond acceptors (Lipinski definition) is 2. The average molecular weight is 632 g/mol. The van der Waals surface area contributed by atoms with E-state index in [0.29, 0.717) is 22.6 Å². The second-order valence-corrected chi connectivity index (χ2v) is 10.8. The first kappa shape index (κ1) is 15.0. The van der Waals surface area contributed by atoms with Gasteiger partial charge in [0.15, 0.2) is 0 Å². The summed E-state index contributed by atoms with van der Waals surface area (Å²) in [7, 11) is 0. The predicted molar refractivity (Wildman–Crippen MR) is 200 cm³/mol. The molecule has 0 radical (unpaired) electrons. The molecule has 0 aromatic heterocycles. The van der Waals surface area contributed by atoms with Crippen molar-refractivity contribution in [2.75, 3.05) is 4.90 Å². The van der Waals surface area contributed by atoms with Crippen LogP contribution in [-0.4, -0.2) is 0 Å². The largest absolute Gasteiger partial charge is 0.456 e. The normalized spacial score (nSPS) is 16.8. The van der Waals surface area contributed by atoms with Crippen LogP contribution in [-0.2, 0) is 0 Å². The zero-order chi connectivity index (χ0) is 47.5. The third-order valence-electron chi connectivity index (χ3n) is 7.99. The fourth-order valence-corrected chi connectivity index (χ4v) is 5.83. The van der Waals surface area contributed by atoms with Crippen molar-refractivity contribution >= 4 is 27.8 Å². The lowest BCUT2D eigenvalue weighted by molar-refractivity contribution is 0.487. The molecule has 0 bridgehead atoms. The van der Waals surface area contributed by atoms with Gasteiger partial charge in [-0.2, -0.15) is 0 Å². The molecule has 8 aromatic carbocycles. The van der Waals surface area contributed by atoms with Gasteiger partial charge in [-0.05, 0) is 92.8 Å². The molecule has 2 heteroatoms. The van der Waals surface area contributed by atoms with Crippen LogP contribution in [0.5, 0.6) is 11.5 Å². The maximum Gasteiger partial charge on any atom is 0.135 e. The van der Waals surface area contributed by atoms with Crippen LogP contribution in [0.1, 0.15) is 24.7 Å². The Bertz CT molecular complexity index is 3200. The van der Waals surface area contributed by atoms with Crippen molar-refractivity contribution in [1.82, 2.24) is 0 Å². The molecule has 0 spiro atoms. The number of nitrogens with zero attached hydrogens (tertiary/aromatic N) is 1. The van der Waals surface area contributed by atoms with Crippen LogP contribution in [0, 0.1) is 0 Å². The summed E-state index contributed by atoms with van der Waals surface area (Å²) in [6.07, 6.45) is 0. The van der Waals surface area contributed by atoms with Crippen molar-refractivity contribution in [3.63, 3.8) is 0 Å². The van der Waals surface area contributed by atoms with E-state index < -0.39 is 142 Å². The highest BCUT2D eigenvalue weighted by Gasteiger charge is 2.24. The molecule has 0 atom stereocenters. The molecule has 1 heterocycles. The van der Waals surface area contributed by atoms with E-state index in [1.165, 1.54) is 6.07 Å². The maximum atomic E-state index is 9.44. The Labute approximate surface area is 306 Å². The van der Waals surface area contributed by atoms with Crippen molar-refractivity contribution in [3.05, 3.63) is 188 Å². The van der Waals surface area contributed by atoms with Crippen molar-refractivity contribution in [2.24, 2.45) is 0 Å². The monoisotopic (exact) mass is 631 g/mol. The Morgan fingerprint density at radius 1 is 0.396 bits per heavy atom. The van der Waals surface area contributed by atoms with E-state index in [1.54, 1.807) is 12.1 Å². The minimum absolute atomic E-state index is 0.00950. The molecule has 0 unspecified atom stereocenters. The minimum atomic E-state index is -0.853. The lowest BCUT2D eigenvalue weighted by Gasteiger charge is -2.28. The molecule has 48 heavy (non-hydrogen) atoms. The fourth-order valence-electron chi connectivity index (χ4n) is 5.83. The van der Waals surface area contributed by atoms with Gasteiger partial charge in [0.2, 0.25) is 0 Å². The first-order chi connectivity index (χ1) is 31.3. The predicted octanol–water partition coefficient (Wildman–Crippen LogP) is 13.1. The van der Waals surface area contributed by atoms with Crippen molar-refractivity contribution in [2.45, 2.75) is 0 Å². The van der Waals surface area contributed by atoms with Gasteiger partial charge >= 0.3 is 0 Å². The van der Waals surface area contributed by atoms with Gasteiger partial charge < -0.3 is 9.64 Å². The van der Waals surface area contributed by atoms with Crippen LogP contribution in [0.3, 0.4) is 0 Å². The third kappa shape index (κ3) is 4.92. The summed E-state index contributed by atoms with van der Waals surface area (Å²) in [5.41, 5.74) is -0.705. The van der Waals surface area contributed by atoms with Gasteiger partial charge in [0, 0.05) is 28.0 Å². The second-order valence-electron chi connectivity index (χ2n) is 10.8. The second kappa shape index (κ2) is 11.8. The van der Waals surface area contributed by atoms with E-state index in [4.69, 9.17) is 18.4 Å². The molecule has 1 aliphatic heterocycles. The number of rotatable bonds is 6. The Kier molecular flexibility index (Phi) is 3.68. The zero-order valence-electron chi connectivity index (χ0n) is 42.9. The Morgan fingerprint density at radius 3 is 1.60 bits per heavy atom. The highest BCUT2D eigenvalue weighted by atomic mass is 16.5. The van der Waals surface area contributed by atoms with Crippen molar-refractivity contribution < 1.29 is 29.4 Å². The third-order valence-corrected chi connectivity index (χ3v) is 7.99. The molecular weight excluding hydrogens is 583 g/mol. The lowest BCUT2D eigenvalue weighted by atomic mass is 9.90. The Hall–Kier alpha value is -6.38. The number of fused-ring (bicyclic) bond motifs is 2. The van der Waals surface area contributed by atoms with E-state index in [9.17, 15) is 11.0 Å². The lowest BCUT2D eigenvalue weighted by Crippen LogP contribution is -2.10. The van der Waals surface area contributed by atoms with Gasteiger partial charge in [0.25, 0.3) is 0 Å². The maximum absolute atomic E-state index is 9.44. The number of benzene rings is 8. The molecule has 0 fully saturated rings. The molecule has 0 N–H and O–H groups in total. The van der Waals surface area contributed by atoms with E-state index in [1.807, 2.05) is 60.7 Å². The smallest absolute Gasteiger partial charge is 0.135 e. The summed E-state index contributed by atoms with van der Waals surface area (Å²) in [5.74, 6) is 0.904. The molecule has 9 rings (SSSR count). The van der Waals surface area contributed by atoms with Crippen LogP contribution < -0.4 is 9.64 Å². The summed E-state index contributed by atoms with van der Waals surface area (Å²) >= 11 is 0. The summed E-state index contributed by atoms with van der Waals surface area (Å²) in [5, 5.41) is 1.57. The van der Waals surface area contributed by atoms with E-state index in [2.05, 4.69) is 0 Å². The molecular formula is C46H31NO. The first-order valence-corrected chi connectivity index (χ1v) is 14.9. The average Bonchev–Trinajstić information content (AvgIpc) is 3.32. The van der Waals surface area contributed by atoms with Gasteiger partial charge in [-0.1, -0.05) is 139 Å². The van der Waals surface area contributed by atoms with Crippen LogP contribution in [0.15, 0.2) is 188 Å². The quantitative estimate of drug-likeness (QED) is 0.181. The summed E-state index contributed by atoms with van der Waals surface area (Å²) < 4.78 is 165. The first-order valence-electron chi connectivity index (χ1n) is 23.9. The van der Waals surface area contributed by atoms with Crippen LogP contribution >= 0.6 is 0 Å². The van der Waals surface area contributed by atoms with Gasteiger partial charge in [0.05, 0.1) is 24.7 Å². The van der Waals surface area contributed by atoms with E-state index >= 15 is 0 Å². The number of anilines is 3. The van der Waals surface area contributed by atoms with Crippen LogP contribution in [0.2, 0.25) is 0 Å². The van der Waals surface area contributed by atoms with Gasteiger partial charge in [-0.15, -0.1) is 0 Å². The number of ether oxygens (including phenoxy) is 1. The van der Waals surface area contributed by atoms with Gasteiger partial charge in [0.1, 0.15) is 11.5 Å². The summed E-state index contributed by atoms with van der Waals surface area (Å²) in [6, 6.07) is 9.17. The molecule has 0 amide bonds. The molecule has 0 aliphatic carbocycles. The standard InChI is InChI=1S/C46H31NO/c1-4-11-32(12-5-1)34-19-23-37(24-20-34)47(38-25-21-35(22-26-38)33-13-6-2-7-14-33)39-27-29-44-43(31-39)42-18-10-17-41-40(36-15-8-3-9-16-36)28-30-45(48-44)46(41)42/h1-31H/i1D,2D,4D,5D,6D,7D,11D,12D,13D,14D,19D,20D,21D,22D,23D,24D,25D,26D. The van der Waals surface area contributed by atoms with Crippen molar-refractivity contribution in [1.29, 1.82) is 0 Å². The minimum Gasteiger partial charge on any atom is -0.456 e. The fraction of sp³-hybridized carbons (Fsp3) is 0. The molecule has 0 saturated carbocycles. The van der Waals surface area contributed by atoms with Gasteiger partial charge in [-0.3, -0.25) is 0 Å². The molecule has 2 nitrogen and oxygen atoms in total. The molecule has 0 saturated heterocycles. The number of hydrogen-bond donors (Lipinski definition) is 0.